The number of benzene rings is 2. The first-order chi connectivity index (χ1) is 10.6. The van der Waals surface area contributed by atoms with E-state index < -0.39 is 15.8 Å². The highest BCUT2D eigenvalue weighted by Gasteiger charge is 2.28. The largest absolute Gasteiger partial charge is 0.462 e. The van der Waals surface area contributed by atoms with E-state index in [1.807, 2.05) is 6.07 Å². The summed E-state index contributed by atoms with van der Waals surface area (Å²) in [5.74, 6) is -0.852. The summed E-state index contributed by atoms with van der Waals surface area (Å²) in [5, 5.41) is 0. The summed E-state index contributed by atoms with van der Waals surface area (Å²) in [6, 6.07) is 16.6. The quantitative estimate of drug-likeness (QED) is 0.628. The van der Waals surface area contributed by atoms with Crippen molar-refractivity contribution in [2.75, 3.05) is 6.61 Å². The molecule has 4 nitrogen and oxygen atoms in total. The van der Waals surface area contributed by atoms with Crippen LogP contribution in [0.2, 0.25) is 0 Å². The molecule has 0 spiro atoms. The molecule has 2 aromatic carbocycles. The van der Waals surface area contributed by atoms with Crippen molar-refractivity contribution in [3.8, 4) is 0 Å². The van der Waals surface area contributed by atoms with Crippen LogP contribution in [0.4, 0.5) is 0 Å². The molecule has 0 saturated heterocycles. The zero-order valence-corrected chi connectivity index (χ0v) is 12.9. The third kappa shape index (κ3) is 3.62. The van der Waals surface area contributed by atoms with Crippen molar-refractivity contribution in [2.45, 2.75) is 11.8 Å². The van der Waals surface area contributed by atoms with Gasteiger partial charge in [0, 0.05) is 0 Å². The number of hydrogen-bond acceptors (Lipinski definition) is 4. The Labute approximate surface area is 130 Å². The lowest BCUT2D eigenvalue weighted by Gasteiger charge is -2.09. The van der Waals surface area contributed by atoms with E-state index in [9.17, 15) is 13.2 Å². The Morgan fingerprint density at radius 1 is 1.00 bits per heavy atom. The van der Waals surface area contributed by atoms with Crippen LogP contribution in [0.25, 0.3) is 6.08 Å². The van der Waals surface area contributed by atoms with Crippen LogP contribution < -0.4 is 0 Å². The molecule has 114 valence electrons. The molecule has 0 saturated carbocycles. The number of ether oxygens (including phenoxy) is 1. The standard InChI is InChI=1S/C17H16O4S/c1-2-21-17(18)16(13-14-9-5-3-6-10-14)22(19,20)15-11-7-4-8-12-15/h3-13H,2H2,1H3. The van der Waals surface area contributed by atoms with Gasteiger partial charge in [0.15, 0.2) is 4.91 Å². The van der Waals surface area contributed by atoms with Gasteiger partial charge in [-0.2, -0.15) is 0 Å². The molecule has 0 aromatic heterocycles. The molecule has 0 aliphatic carbocycles. The summed E-state index contributed by atoms with van der Waals surface area (Å²) < 4.78 is 30.3. The third-order valence-corrected chi connectivity index (χ3v) is 4.67. The highest BCUT2D eigenvalue weighted by molar-refractivity contribution is 7.96. The monoisotopic (exact) mass is 316 g/mol. The Kier molecular flexibility index (Phi) is 5.12. The van der Waals surface area contributed by atoms with Gasteiger partial charge in [-0.05, 0) is 30.7 Å². The summed E-state index contributed by atoms with van der Waals surface area (Å²) >= 11 is 0. The molecule has 2 rings (SSSR count). The van der Waals surface area contributed by atoms with Gasteiger partial charge < -0.3 is 4.74 Å². The minimum atomic E-state index is -3.93. The molecule has 22 heavy (non-hydrogen) atoms. The lowest BCUT2D eigenvalue weighted by molar-refractivity contribution is -0.137. The molecule has 0 N–H and O–H groups in total. The highest BCUT2D eigenvalue weighted by atomic mass is 32.2. The van der Waals surface area contributed by atoms with Crippen LogP contribution in [-0.2, 0) is 19.4 Å². The van der Waals surface area contributed by atoms with Crippen molar-refractivity contribution in [1.82, 2.24) is 0 Å². The number of carbonyl (C=O) groups excluding carboxylic acids is 1. The number of rotatable bonds is 5. The Bertz CT molecular complexity index is 763. The average Bonchev–Trinajstić information content (AvgIpc) is 2.54. The van der Waals surface area contributed by atoms with Crippen molar-refractivity contribution < 1.29 is 17.9 Å². The molecule has 0 bridgehead atoms. The summed E-state index contributed by atoms with van der Waals surface area (Å²) in [5.41, 5.74) is 0.616. The van der Waals surface area contributed by atoms with E-state index in [0.717, 1.165) is 0 Å². The molecule has 2 aromatic rings. The molecule has 0 heterocycles. The summed E-state index contributed by atoms with van der Waals surface area (Å²) in [7, 11) is -3.93. The topological polar surface area (TPSA) is 60.4 Å². The fraction of sp³-hybridized carbons (Fsp3) is 0.118. The molecular weight excluding hydrogens is 300 g/mol. The SMILES string of the molecule is CCOC(=O)C(=Cc1ccccc1)S(=O)(=O)c1ccccc1. The lowest BCUT2D eigenvalue weighted by atomic mass is 10.2. The number of sulfone groups is 1. The number of hydrogen-bond donors (Lipinski definition) is 0. The van der Waals surface area contributed by atoms with Crippen molar-refractivity contribution >= 4 is 21.9 Å². The maximum atomic E-state index is 12.7. The smallest absolute Gasteiger partial charge is 0.350 e. The van der Waals surface area contributed by atoms with Crippen LogP contribution in [0, 0.1) is 0 Å². The fourth-order valence-corrected chi connectivity index (χ4v) is 3.21. The van der Waals surface area contributed by atoms with E-state index in [-0.39, 0.29) is 16.4 Å². The molecule has 0 amide bonds. The predicted molar refractivity (Wildman–Crippen MR) is 84.7 cm³/mol. The van der Waals surface area contributed by atoms with Crippen molar-refractivity contribution in [3.05, 3.63) is 71.1 Å². The van der Waals surface area contributed by atoms with Gasteiger partial charge in [0.05, 0.1) is 11.5 Å². The third-order valence-electron chi connectivity index (χ3n) is 2.92. The molecule has 0 radical (unpaired) electrons. The van der Waals surface area contributed by atoms with E-state index in [0.29, 0.717) is 5.56 Å². The van der Waals surface area contributed by atoms with Gasteiger partial charge in [0.2, 0.25) is 9.84 Å². The van der Waals surface area contributed by atoms with Gasteiger partial charge in [0.1, 0.15) is 0 Å². The van der Waals surface area contributed by atoms with Crippen LogP contribution in [0.3, 0.4) is 0 Å². The Hall–Kier alpha value is -2.40. The molecule has 0 atom stereocenters. The molecule has 0 aliphatic rings. The van der Waals surface area contributed by atoms with Crippen LogP contribution in [-0.4, -0.2) is 21.0 Å². The lowest BCUT2D eigenvalue weighted by Crippen LogP contribution is -2.16. The minimum absolute atomic E-state index is 0.0604. The molecule has 0 fully saturated rings. The second-order valence-electron chi connectivity index (χ2n) is 4.46. The van der Waals surface area contributed by atoms with Gasteiger partial charge in [0.25, 0.3) is 0 Å². The predicted octanol–water partition coefficient (Wildman–Crippen LogP) is 3.06. The number of esters is 1. The first-order valence-corrected chi connectivity index (χ1v) is 8.28. The Morgan fingerprint density at radius 3 is 2.09 bits per heavy atom. The van der Waals surface area contributed by atoms with Gasteiger partial charge in [-0.1, -0.05) is 48.5 Å². The van der Waals surface area contributed by atoms with Gasteiger partial charge in [-0.15, -0.1) is 0 Å². The summed E-state index contributed by atoms with van der Waals surface area (Å²) in [4.78, 5) is 11.8. The number of carbonyl (C=O) groups is 1. The summed E-state index contributed by atoms with van der Waals surface area (Å²) in [6.07, 6.45) is 1.33. The molecular formula is C17H16O4S. The normalized spacial score (nSPS) is 12.0. The first-order valence-electron chi connectivity index (χ1n) is 6.79. The first kappa shape index (κ1) is 16.0. The van der Waals surface area contributed by atoms with Crippen LogP contribution in [0.1, 0.15) is 12.5 Å². The van der Waals surface area contributed by atoms with Gasteiger partial charge in [-0.25, -0.2) is 13.2 Å². The fourth-order valence-electron chi connectivity index (χ4n) is 1.88. The second kappa shape index (κ2) is 7.04. The van der Waals surface area contributed by atoms with E-state index in [4.69, 9.17) is 4.74 Å². The maximum absolute atomic E-state index is 12.7. The molecule has 5 heteroatoms. The van der Waals surface area contributed by atoms with Crippen molar-refractivity contribution in [2.24, 2.45) is 0 Å². The van der Waals surface area contributed by atoms with Crippen LogP contribution in [0.15, 0.2) is 70.5 Å². The average molecular weight is 316 g/mol. The van der Waals surface area contributed by atoms with Gasteiger partial charge >= 0.3 is 5.97 Å². The maximum Gasteiger partial charge on any atom is 0.350 e. The summed E-state index contributed by atoms with van der Waals surface area (Å²) in [6.45, 7) is 1.74. The molecule has 0 aliphatic heterocycles. The Balaban J connectivity index is 2.55. The highest BCUT2D eigenvalue weighted by Crippen LogP contribution is 2.22. The van der Waals surface area contributed by atoms with Gasteiger partial charge in [-0.3, -0.25) is 0 Å². The van der Waals surface area contributed by atoms with Crippen molar-refractivity contribution in [1.29, 1.82) is 0 Å². The van der Waals surface area contributed by atoms with E-state index in [1.165, 1.54) is 18.2 Å². The van der Waals surface area contributed by atoms with Crippen LogP contribution >= 0.6 is 0 Å². The van der Waals surface area contributed by atoms with Crippen LogP contribution in [0.5, 0.6) is 0 Å². The zero-order chi connectivity index (χ0) is 16.0. The van der Waals surface area contributed by atoms with E-state index in [2.05, 4.69) is 0 Å². The Morgan fingerprint density at radius 2 is 1.55 bits per heavy atom. The molecule has 0 unspecified atom stereocenters. The minimum Gasteiger partial charge on any atom is -0.462 e. The van der Waals surface area contributed by atoms with E-state index in [1.54, 1.807) is 49.4 Å². The van der Waals surface area contributed by atoms with Crippen molar-refractivity contribution in [3.63, 3.8) is 0 Å². The van der Waals surface area contributed by atoms with E-state index >= 15 is 0 Å². The second-order valence-corrected chi connectivity index (χ2v) is 6.37. The zero-order valence-electron chi connectivity index (χ0n) is 12.1.